The van der Waals surface area contributed by atoms with Crippen molar-refractivity contribution in [1.82, 2.24) is 4.98 Å². The molecule has 0 aromatic carbocycles. The topological polar surface area (TPSA) is 94.1 Å². The molecular weight excluding hydrogens is 220 g/mol. The van der Waals surface area contributed by atoms with Crippen LogP contribution in [0.3, 0.4) is 0 Å². The zero-order valence-corrected chi connectivity index (χ0v) is 9.72. The van der Waals surface area contributed by atoms with Crippen molar-refractivity contribution >= 4 is 11.5 Å². The van der Waals surface area contributed by atoms with E-state index in [1.54, 1.807) is 13.0 Å². The van der Waals surface area contributed by atoms with Crippen LogP contribution in [0, 0.1) is 17.0 Å². The summed E-state index contributed by atoms with van der Waals surface area (Å²) in [6, 6.07) is 3.48. The van der Waals surface area contributed by atoms with Gasteiger partial charge < -0.3 is 11.1 Å². The lowest BCUT2D eigenvalue weighted by Crippen LogP contribution is -2.35. The molecule has 6 nitrogen and oxygen atoms in total. The summed E-state index contributed by atoms with van der Waals surface area (Å²) in [5.41, 5.74) is 6.41. The highest BCUT2D eigenvalue weighted by atomic mass is 16.6. The maximum atomic E-state index is 10.7. The summed E-state index contributed by atoms with van der Waals surface area (Å²) in [7, 11) is 0. The number of aryl methyl sites for hydroxylation is 1. The average molecular weight is 236 g/mol. The highest BCUT2D eigenvalue weighted by Gasteiger charge is 2.24. The van der Waals surface area contributed by atoms with Crippen molar-refractivity contribution < 1.29 is 4.92 Å². The third-order valence-electron chi connectivity index (χ3n) is 3.16. The molecule has 1 saturated carbocycles. The molecule has 0 aliphatic heterocycles. The number of pyridine rings is 1. The summed E-state index contributed by atoms with van der Waals surface area (Å²) in [6.07, 6.45) is 3.16. The van der Waals surface area contributed by atoms with E-state index in [9.17, 15) is 10.1 Å². The standard InChI is InChI=1S/C11H16N4O2/c1-7-10(15(16)17)5-6-11(13-7)14-9-4-2-3-8(9)12/h5-6,8-9H,2-4,12H2,1H3,(H,13,14). The first kappa shape index (κ1) is 11.8. The highest BCUT2D eigenvalue weighted by molar-refractivity contribution is 5.45. The fraction of sp³-hybridized carbons (Fsp3) is 0.545. The van der Waals surface area contributed by atoms with E-state index in [1.165, 1.54) is 6.07 Å². The smallest absolute Gasteiger partial charge is 0.290 e. The van der Waals surface area contributed by atoms with Gasteiger partial charge in [0.15, 0.2) is 0 Å². The molecule has 0 radical (unpaired) electrons. The van der Waals surface area contributed by atoms with Gasteiger partial charge in [0.25, 0.3) is 5.69 Å². The van der Waals surface area contributed by atoms with E-state index in [1.807, 2.05) is 0 Å². The molecule has 2 rings (SSSR count). The van der Waals surface area contributed by atoms with Gasteiger partial charge in [0.05, 0.1) is 4.92 Å². The summed E-state index contributed by atoms with van der Waals surface area (Å²) in [4.78, 5) is 14.4. The summed E-state index contributed by atoms with van der Waals surface area (Å²) < 4.78 is 0. The molecule has 1 heterocycles. The number of nitro groups is 1. The molecule has 1 aromatic rings. The maximum absolute atomic E-state index is 10.7. The minimum absolute atomic E-state index is 0.0475. The molecule has 2 atom stereocenters. The Kier molecular flexibility index (Phi) is 3.23. The Labute approximate surface area is 99.4 Å². The number of anilines is 1. The summed E-state index contributed by atoms with van der Waals surface area (Å²) >= 11 is 0. The van der Waals surface area contributed by atoms with Gasteiger partial charge in [-0.25, -0.2) is 4.98 Å². The van der Waals surface area contributed by atoms with E-state index in [0.717, 1.165) is 19.3 Å². The molecule has 0 saturated heterocycles. The number of rotatable bonds is 3. The first-order chi connectivity index (χ1) is 8.08. The Morgan fingerprint density at radius 3 is 2.82 bits per heavy atom. The van der Waals surface area contributed by atoms with Gasteiger partial charge in [-0.2, -0.15) is 0 Å². The predicted octanol–water partition coefficient (Wildman–Crippen LogP) is 1.59. The monoisotopic (exact) mass is 236 g/mol. The van der Waals surface area contributed by atoms with Crippen molar-refractivity contribution in [3.63, 3.8) is 0 Å². The maximum Gasteiger partial charge on any atom is 0.290 e. The van der Waals surface area contributed by atoms with Crippen molar-refractivity contribution in [2.45, 2.75) is 38.3 Å². The van der Waals surface area contributed by atoms with Crippen LogP contribution in [0.2, 0.25) is 0 Å². The van der Waals surface area contributed by atoms with Crippen LogP contribution in [0.1, 0.15) is 25.0 Å². The predicted molar refractivity (Wildman–Crippen MR) is 64.9 cm³/mol. The van der Waals surface area contributed by atoms with Crippen LogP contribution in [-0.4, -0.2) is 22.0 Å². The lowest BCUT2D eigenvalue weighted by atomic mass is 10.2. The van der Waals surface area contributed by atoms with Crippen molar-refractivity contribution in [2.24, 2.45) is 5.73 Å². The van der Waals surface area contributed by atoms with Gasteiger partial charge in [0.2, 0.25) is 0 Å². The van der Waals surface area contributed by atoms with E-state index in [2.05, 4.69) is 10.3 Å². The van der Waals surface area contributed by atoms with Gasteiger partial charge >= 0.3 is 0 Å². The van der Waals surface area contributed by atoms with Gasteiger partial charge in [0, 0.05) is 18.2 Å². The summed E-state index contributed by atoms with van der Waals surface area (Å²) in [5, 5.41) is 13.9. The van der Waals surface area contributed by atoms with E-state index < -0.39 is 4.92 Å². The third-order valence-corrected chi connectivity index (χ3v) is 3.16. The number of hydrogen-bond donors (Lipinski definition) is 2. The van der Waals surface area contributed by atoms with Crippen LogP contribution in [0.4, 0.5) is 11.5 Å². The summed E-state index contributed by atoms with van der Waals surface area (Å²) in [6.45, 7) is 1.64. The number of nitrogens with zero attached hydrogens (tertiary/aromatic N) is 2. The van der Waals surface area contributed by atoms with Crippen LogP contribution >= 0.6 is 0 Å². The largest absolute Gasteiger partial charge is 0.366 e. The average Bonchev–Trinajstić information content (AvgIpc) is 2.64. The van der Waals surface area contributed by atoms with Gasteiger partial charge in [-0.05, 0) is 32.3 Å². The molecule has 17 heavy (non-hydrogen) atoms. The van der Waals surface area contributed by atoms with Crippen molar-refractivity contribution in [3.05, 3.63) is 27.9 Å². The lowest BCUT2D eigenvalue weighted by molar-refractivity contribution is -0.385. The Morgan fingerprint density at radius 1 is 1.53 bits per heavy atom. The van der Waals surface area contributed by atoms with E-state index in [-0.39, 0.29) is 17.8 Å². The zero-order valence-electron chi connectivity index (χ0n) is 9.72. The number of hydrogen-bond acceptors (Lipinski definition) is 5. The Balaban J connectivity index is 2.12. The zero-order chi connectivity index (χ0) is 12.4. The molecule has 0 spiro atoms. The molecule has 0 amide bonds. The normalized spacial score (nSPS) is 23.6. The number of aromatic nitrogens is 1. The molecule has 3 N–H and O–H groups in total. The Morgan fingerprint density at radius 2 is 2.29 bits per heavy atom. The molecular formula is C11H16N4O2. The molecule has 6 heteroatoms. The molecule has 92 valence electrons. The van der Waals surface area contributed by atoms with Crippen LogP contribution in [-0.2, 0) is 0 Å². The molecule has 2 unspecified atom stereocenters. The molecule has 1 aromatic heterocycles. The first-order valence-electron chi connectivity index (χ1n) is 5.72. The quantitative estimate of drug-likeness (QED) is 0.614. The van der Waals surface area contributed by atoms with Gasteiger partial charge in [-0.15, -0.1) is 0 Å². The SMILES string of the molecule is Cc1nc(NC2CCCC2N)ccc1[N+](=O)[O-]. The van der Waals surface area contributed by atoms with Gasteiger partial charge in [-0.1, -0.05) is 0 Å². The van der Waals surface area contributed by atoms with Crippen LogP contribution in [0.15, 0.2) is 12.1 Å². The number of nitrogens with two attached hydrogens (primary N) is 1. The summed E-state index contributed by atoms with van der Waals surface area (Å²) in [5.74, 6) is 0.662. The molecule has 1 aliphatic carbocycles. The number of nitrogens with one attached hydrogen (secondary N) is 1. The third kappa shape index (κ3) is 2.52. The van der Waals surface area contributed by atoms with E-state index in [0.29, 0.717) is 11.5 Å². The lowest BCUT2D eigenvalue weighted by Gasteiger charge is -2.17. The Hall–Kier alpha value is -1.69. The second-order valence-electron chi connectivity index (χ2n) is 4.40. The second kappa shape index (κ2) is 4.67. The molecule has 1 aliphatic rings. The fourth-order valence-corrected chi connectivity index (χ4v) is 2.18. The van der Waals surface area contributed by atoms with Gasteiger partial charge in [-0.3, -0.25) is 10.1 Å². The van der Waals surface area contributed by atoms with Crippen molar-refractivity contribution in [1.29, 1.82) is 0 Å². The van der Waals surface area contributed by atoms with Crippen molar-refractivity contribution in [3.8, 4) is 0 Å². The molecule has 0 bridgehead atoms. The highest BCUT2D eigenvalue weighted by Crippen LogP contribution is 2.23. The Bertz CT molecular complexity index is 435. The van der Waals surface area contributed by atoms with Crippen molar-refractivity contribution in [2.75, 3.05) is 5.32 Å². The van der Waals surface area contributed by atoms with Crippen LogP contribution in [0.25, 0.3) is 0 Å². The van der Waals surface area contributed by atoms with E-state index >= 15 is 0 Å². The van der Waals surface area contributed by atoms with E-state index in [4.69, 9.17) is 5.73 Å². The van der Waals surface area contributed by atoms with Crippen LogP contribution in [0.5, 0.6) is 0 Å². The fourth-order valence-electron chi connectivity index (χ4n) is 2.18. The van der Waals surface area contributed by atoms with Crippen LogP contribution < -0.4 is 11.1 Å². The minimum atomic E-state index is -0.423. The first-order valence-corrected chi connectivity index (χ1v) is 5.72. The minimum Gasteiger partial charge on any atom is -0.366 e. The van der Waals surface area contributed by atoms with Gasteiger partial charge in [0.1, 0.15) is 11.5 Å². The second-order valence-corrected chi connectivity index (χ2v) is 4.40. The molecule has 1 fully saturated rings.